The molecule has 1 aliphatic rings. The van der Waals surface area contributed by atoms with Gasteiger partial charge in [0.1, 0.15) is 12.4 Å². The van der Waals surface area contributed by atoms with Crippen LogP contribution in [0.2, 0.25) is 0 Å². The number of hydrogen-bond donors (Lipinski definition) is 1. The minimum absolute atomic E-state index is 0.501. The molecule has 0 amide bonds. The molecule has 0 saturated heterocycles. The Balaban J connectivity index is 1.72. The second-order valence-corrected chi connectivity index (χ2v) is 7.64. The first-order chi connectivity index (χ1) is 9.76. The van der Waals surface area contributed by atoms with Crippen molar-refractivity contribution in [2.24, 2.45) is 0 Å². The summed E-state index contributed by atoms with van der Waals surface area (Å²) in [6.45, 7) is 0.643. The SMILES string of the molecule is CNC1CCCc2cc(OCc3ccc(Br)s3)ccc21. The fourth-order valence-electron chi connectivity index (χ4n) is 2.76. The van der Waals surface area contributed by atoms with Gasteiger partial charge in [-0.2, -0.15) is 0 Å². The number of aryl methyl sites for hydroxylation is 1. The zero-order valence-corrected chi connectivity index (χ0v) is 13.9. The van der Waals surface area contributed by atoms with E-state index in [-0.39, 0.29) is 0 Å². The largest absolute Gasteiger partial charge is 0.488 e. The summed E-state index contributed by atoms with van der Waals surface area (Å²) in [7, 11) is 2.04. The summed E-state index contributed by atoms with van der Waals surface area (Å²) >= 11 is 5.20. The van der Waals surface area contributed by atoms with Gasteiger partial charge >= 0.3 is 0 Å². The van der Waals surface area contributed by atoms with Gasteiger partial charge in [0.15, 0.2) is 0 Å². The minimum Gasteiger partial charge on any atom is -0.488 e. The van der Waals surface area contributed by atoms with E-state index in [0.29, 0.717) is 12.6 Å². The molecule has 0 aliphatic heterocycles. The van der Waals surface area contributed by atoms with Crippen LogP contribution in [0.5, 0.6) is 5.75 Å². The Hall–Kier alpha value is -0.840. The van der Waals surface area contributed by atoms with Gasteiger partial charge in [-0.05, 0) is 77.6 Å². The molecule has 1 heterocycles. The lowest BCUT2D eigenvalue weighted by Crippen LogP contribution is -2.21. The first-order valence-electron chi connectivity index (χ1n) is 6.93. The molecular weight excluding hydrogens is 334 g/mol. The third kappa shape index (κ3) is 3.08. The standard InChI is InChI=1S/C16H18BrNOS/c1-18-15-4-2-3-11-9-12(5-7-14(11)15)19-10-13-6-8-16(17)20-13/h5-9,15,18H,2-4,10H2,1H3. The minimum atomic E-state index is 0.501. The predicted molar refractivity (Wildman–Crippen MR) is 87.5 cm³/mol. The highest BCUT2D eigenvalue weighted by molar-refractivity contribution is 9.11. The molecule has 1 N–H and O–H groups in total. The topological polar surface area (TPSA) is 21.3 Å². The van der Waals surface area contributed by atoms with Crippen LogP contribution in [-0.4, -0.2) is 7.05 Å². The van der Waals surface area contributed by atoms with Crippen LogP contribution in [0, 0.1) is 0 Å². The van der Waals surface area contributed by atoms with E-state index < -0.39 is 0 Å². The van der Waals surface area contributed by atoms with E-state index in [0.717, 1.165) is 16.0 Å². The summed E-state index contributed by atoms with van der Waals surface area (Å²) in [5.74, 6) is 0.977. The van der Waals surface area contributed by atoms with Crippen LogP contribution in [0.3, 0.4) is 0 Å². The molecule has 106 valence electrons. The lowest BCUT2D eigenvalue weighted by molar-refractivity contribution is 0.309. The zero-order valence-electron chi connectivity index (χ0n) is 11.5. The number of benzene rings is 1. The van der Waals surface area contributed by atoms with Crippen LogP contribution >= 0.6 is 27.3 Å². The predicted octanol–water partition coefficient (Wildman–Crippen LogP) is 4.69. The van der Waals surface area contributed by atoms with Crippen LogP contribution in [0.25, 0.3) is 0 Å². The number of rotatable bonds is 4. The molecule has 1 aromatic heterocycles. The molecule has 1 unspecified atom stereocenters. The van der Waals surface area contributed by atoms with Gasteiger partial charge in [0.2, 0.25) is 0 Å². The summed E-state index contributed by atoms with van der Waals surface area (Å²) in [5.41, 5.74) is 2.87. The van der Waals surface area contributed by atoms with Gasteiger partial charge in [-0.1, -0.05) is 6.07 Å². The molecule has 0 radical (unpaired) electrons. The van der Waals surface area contributed by atoms with Gasteiger partial charge in [0, 0.05) is 10.9 Å². The maximum Gasteiger partial charge on any atom is 0.122 e. The average molecular weight is 352 g/mol. The molecule has 0 spiro atoms. The molecule has 20 heavy (non-hydrogen) atoms. The van der Waals surface area contributed by atoms with E-state index in [9.17, 15) is 0 Å². The van der Waals surface area contributed by atoms with Crippen molar-refractivity contribution in [2.45, 2.75) is 31.9 Å². The molecule has 2 nitrogen and oxygen atoms in total. The number of ether oxygens (including phenoxy) is 1. The van der Waals surface area contributed by atoms with Crippen LogP contribution in [0.15, 0.2) is 34.1 Å². The molecule has 3 rings (SSSR count). The number of halogens is 1. The van der Waals surface area contributed by atoms with Crippen molar-refractivity contribution in [3.05, 3.63) is 50.1 Å². The van der Waals surface area contributed by atoms with Crippen LogP contribution in [0.4, 0.5) is 0 Å². The van der Waals surface area contributed by atoms with E-state index >= 15 is 0 Å². The smallest absolute Gasteiger partial charge is 0.122 e. The number of fused-ring (bicyclic) bond motifs is 1. The monoisotopic (exact) mass is 351 g/mol. The molecule has 0 saturated carbocycles. The Morgan fingerprint density at radius 2 is 2.25 bits per heavy atom. The Morgan fingerprint density at radius 3 is 3.00 bits per heavy atom. The van der Waals surface area contributed by atoms with Gasteiger partial charge in [-0.15, -0.1) is 11.3 Å². The number of nitrogens with one attached hydrogen (secondary N) is 1. The van der Waals surface area contributed by atoms with Crippen molar-refractivity contribution in [3.8, 4) is 5.75 Å². The molecule has 4 heteroatoms. The van der Waals surface area contributed by atoms with Crippen molar-refractivity contribution >= 4 is 27.3 Å². The third-order valence-electron chi connectivity index (χ3n) is 3.79. The molecule has 2 aromatic rings. The Morgan fingerprint density at radius 1 is 1.35 bits per heavy atom. The summed E-state index contributed by atoms with van der Waals surface area (Å²) in [5, 5.41) is 3.40. The third-order valence-corrected chi connectivity index (χ3v) is 5.38. The lowest BCUT2D eigenvalue weighted by atomic mass is 9.87. The summed E-state index contributed by atoms with van der Waals surface area (Å²) in [4.78, 5) is 1.24. The highest BCUT2D eigenvalue weighted by Crippen LogP contribution is 2.32. The maximum atomic E-state index is 5.91. The van der Waals surface area contributed by atoms with Gasteiger partial charge in [-0.25, -0.2) is 0 Å². The molecular formula is C16H18BrNOS. The first-order valence-corrected chi connectivity index (χ1v) is 8.54. The Labute approximate surface area is 132 Å². The summed E-state index contributed by atoms with van der Waals surface area (Å²) < 4.78 is 7.06. The van der Waals surface area contributed by atoms with E-state index in [1.54, 1.807) is 11.3 Å². The van der Waals surface area contributed by atoms with Crippen molar-refractivity contribution in [1.82, 2.24) is 5.32 Å². The second kappa shape index (κ2) is 6.29. The van der Waals surface area contributed by atoms with E-state index in [1.165, 1.54) is 28.8 Å². The highest BCUT2D eigenvalue weighted by atomic mass is 79.9. The fraction of sp³-hybridized carbons (Fsp3) is 0.375. The van der Waals surface area contributed by atoms with Crippen LogP contribution < -0.4 is 10.1 Å². The Kier molecular flexibility index (Phi) is 4.44. The van der Waals surface area contributed by atoms with Crippen molar-refractivity contribution in [2.75, 3.05) is 7.05 Å². The second-order valence-electron chi connectivity index (χ2n) is 5.09. The number of thiophene rings is 1. The van der Waals surface area contributed by atoms with Gasteiger partial charge in [-0.3, -0.25) is 0 Å². The van der Waals surface area contributed by atoms with E-state index in [4.69, 9.17) is 4.74 Å². The van der Waals surface area contributed by atoms with E-state index in [2.05, 4.69) is 51.6 Å². The summed E-state index contributed by atoms with van der Waals surface area (Å²) in [6.07, 6.45) is 3.64. The molecule has 1 aromatic carbocycles. The van der Waals surface area contributed by atoms with Crippen LogP contribution in [-0.2, 0) is 13.0 Å². The molecule has 0 bridgehead atoms. The lowest BCUT2D eigenvalue weighted by Gasteiger charge is -2.25. The van der Waals surface area contributed by atoms with Crippen molar-refractivity contribution < 1.29 is 4.74 Å². The Bertz CT molecular complexity index is 596. The van der Waals surface area contributed by atoms with Crippen LogP contribution in [0.1, 0.15) is 34.9 Å². The summed E-state index contributed by atoms with van der Waals surface area (Å²) in [6, 6.07) is 11.2. The fourth-order valence-corrected chi connectivity index (χ4v) is 4.16. The van der Waals surface area contributed by atoms with Crippen molar-refractivity contribution in [3.63, 3.8) is 0 Å². The highest BCUT2D eigenvalue weighted by Gasteiger charge is 2.18. The number of hydrogen-bond acceptors (Lipinski definition) is 3. The van der Waals surface area contributed by atoms with Gasteiger partial charge in [0.05, 0.1) is 3.79 Å². The zero-order chi connectivity index (χ0) is 13.9. The van der Waals surface area contributed by atoms with Gasteiger partial charge in [0.25, 0.3) is 0 Å². The average Bonchev–Trinajstić information content (AvgIpc) is 2.89. The molecule has 1 atom stereocenters. The first kappa shape index (κ1) is 14.1. The quantitative estimate of drug-likeness (QED) is 0.862. The van der Waals surface area contributed by atoms with Crippen molar-refractivity contribution in [1.29, 1.82) is 0 Å². The van der Waals surface area contributed by atoms with E-state index in [1.807, 2.05) is 7.05 Å². The molecule has 0 fully saturated rings. The normalized spacial score (nSPS) is 17.8. The maximum absolute atomic E-state index is 5.91. The van der Waals surface area contributed by atoms with Gasteiger partial charge < -0.3 is 10.1 Å². The molecule has 1 aliphatic carbocycles.